The maximum Gasteiger partial charge on any atom is 0.270 e. The monoisotopic (exact) mass is 483 g/mol. The predicted octanol–water partition coefficient (Wildman–Crippen LogP) is 4.48. The van der Waals surface area contributed by atoms with Crippen LogP contribution in [-0.4, -0.2) is 30.6 Å². The number of methoxy groups -OCH3 is 1. The SMILES string of the molecule is COc1ccccc1N1C(=O)C(=Cc2ccc3c(c2)CCCN3Cc2ccccc2)C(=O)NC1=S. The van der Waals surface area contributed by atoms with Crippen molar-refractivity contribution < 1.29 is 14.3 Å². The molecular formula is C28H25N3O3S. The zero-order valence-electron chi connectivity index (χ0n) is 19.4. The van der Waals surface area contributed by atoms with Crippen molar-refractivity contribution in [3.05, 3.63) is 95.1 Å². The average Bonchev–Trinajstić information content (AvgIpc) is 2.87. The van der Waals surface area contributed by atoms with Crippen LogP contribution < -0.4 is 19.9 Å². The summed E-state index contributed by atoms with van der Waals surface area (Å²) >= 11 is 5.32. The van der Waals surface area contributed by atoms with E-state index in [1.807, 2.05) is 18.2 Å². The number of rotatable bonds is 5. The molecule has 0 saturated carbocycles. The van der Waals surface area contributed by atoms with Gasteiger partial charge in [-0.2, -0.15) is 0 Å². The Bertz CT molecular complexity index is 1340. The highest BCUT2D eigenvalue weighted by molar-refractivity contribution is 7.80. The Morgan fingerprint density at radius 2 is 1.77 bits per heavy atom. The van der Waals surface area contributed by atoms with Gasteiger partial charge in [-0.1, -0.05) is 48.5 Å². The molecule has 2 aliphatic heterocycles. The number of anilines is 2. The molecule has 7 heteroatoms. The zero-order chi connectivity index (χ0) is 24.4. The molecule has 0 bridgehead atoms. The maximum absolute atomic E-state index is 13.4. The number of thiocarbonyl (C=S) groups is 1. The number of carbonyl (C=O) groups is 2. The fourth-order valence-corrected chi connectivity index (χ4v) is 4.88. The molecule has 0 aromatic heterocycles. The first-order chi connectivity index (χ1) is 17.0. The highest BCUT2D eigenvalue weighted by atomic mass is 32.1. The van der Waals surface area contributed by atoms with Gasteiger partial charge in [0, 0.05) is 18.8 Å². The largest absolute Gasteiger partial charge is 0.495 e. The van der Waals surface area contributed by atoms with Crippen molar-refractivity contribution in [1.82, 2.24) is 5.32 Å². The molecule has 0 unspecified atom stereocenters. The molecule has 2 heterocycles. The first-order valence-electron chi connectivity index (χ1n) is 11.5. The van der Waals surface area contributed by atoms with Gasteiger partial charge in [0.1, 0.15) is 11.3 Å². The molecule has 0 radical (unpaired) electrons. The number of nitrogens with zero attached hydrogens (tertiary/aromatic N) is 2. The van der Waals surface area contributed by atoms with Crippen molar-refractivity contribution >= 4 is 46.6 Å². The van der Waals surface area contributed by atoms with E-state index in [4.69, 9.17) is 17.0 Å². The number of aryl methyl sites for hydroxylation is 1. The van der Waals surface area contributed by atoms with Crippen molar-refractivity contribution in [2.75, 3.05) is 23.5 Å². The number of nitrogens with one attached hydrogen (secondary N) is 1. The minimum atomic E-state index is -0.505. The third-order valence-electron chi connectivity index (χ3n) is 6.27. The van der Waals surface area contributed by atoms with E-state index in [1.54, 1.807) is 24.3 Å². The number of ether oxygens (including phenoxy) is 1. The molecule has 6 nitrogen and oxygen atoms in total. The summed E-state index contributed by atoms with van der Waals surface area (Å²) in [7, 11) is 1.53. The number of hydrogen-bond acceptors (Lipinski definition) is 5. The van der Waals surface area contributed by atoms with E-state index in [0.29, 0.717) is 11.4 Å². The molecule has 1 fully saturated rings. The van der Waals surface area contributed by atoms with Gasteiger partial charge in [-0.05, 0) is 72.1 Å². The third-order valence-corrected chi connectivity index (χ3v) is 6.56. The first kappa shape index (κ1) is 22.8. The first-order valence-corrected chi connectivity index (χ1v) is 11.9. The Kier molecular flexibility index (Phi) is 6.33. The predicted molar refractivity (Wildman–Crippen MR) is 141 cm³/mol. The van der Waals surface area contributed by atoms with Crippen LogP contribution in [0, 0.1) is 0 Å². The van der Waals surface area contributed by atoms with Crippen LogP contribution in [0.15, 0.2) is 78.4 Å². The van der Waals surface area contributed by atoms with Crippen LogP contribution >= 0.6 is 12.2 Å². The van der Waals surface area contributed by atoms with Crippen molar-refractivity contribution in [2.24, 2.45) is 0 Å². The topological polar surface area (TPSA) is 61.9 Å². The average molecular weight is 484 g/mol. The molecule has 176 valence electrons. The number of para-hydroxylation sites is 2. The second kappa shape index (κ2) is 9.72. The van der Waals surface area contributed by atoms with Crippen molar-refractivity contribution in [3.8, 4) is 5.75 Å². The smallest absolute Gasteiger partial charge is 0.270 e. The van der Waals surface area contributed by atoms with E-state index >= 15 is 0 Å². The summed E-state index contributed by atoms with van der Waals surface area (Å²) in [6.45, 7) is 1.84. The van der Waals surface area contributed by atoms with Gasteiger partial charge in [-0.25, -0.2) is 4.90 Å². The summed E-state index contributed by atoms with van der Waals surface area (Å²) in [4.78, 5) is 29.8. The van der Waals surface area contributed by atoms with E-state index in [1.165, 1.54) is 28.8 Å². The van der Waals surface area contributed by atoms with Crippen LogP contribution in [0.1, 0.15) is 23.1 Å². The van der Waals surface area contributed by atoms with Gasteiger partial charge < -0.3 is 9.64 Å². The van der Waals surface area contributed by atoms with Crippen LogP contribution in [0.4, 0.5) is 11.4 Å². The number of fused-ring (bicyclic) bond motifs is 1. The Balaban J connectivity index is 1.45. The summed E-state index contributed by atoms with van der Waals surface area (Å²) in [5.41, 5.74) is 4.99. The van der Waals surface area contributed by atoms with Crippen molar-refractivity contribution in [3.63, 3.8) is 0 Å². The lowest BCUT2D eigenvalue weighted by Gasteiger charge is -2.32. The molecule has 2 aliphatic rings. The summed E-state index contributed by atoms with van der Waals surface area (Å²) < 4.78 is 5.40. The van der Waals surface area contributed by atoms with Gasteiger partial charge in [-0.15, -0.1) is 0 Å². The summed E-state index contributed by atoms with van der Waals surface area (Å²) in [5, 5.41) is 2.67. The summed E-state index contributed by atoms with van der Waals surface area (Å²) in [6, 6.07) is 23.6. The van der Waals surface area contributed by atoms with Crippen LogP contribution in [0.3, 0.4) is 0 Å². The van der Waals surface area contributed by atoms with Gasteiger partial charge in [0.05, 0.1) is 12.8 Å². The molecule has 0 aliphatic carbocycles. The molecule has 35 heavy (non-hydrogen) atoms. The van der Waals surface area contributed by atoms with Gasteiger partial charge in [0.25, 0.3) is 11.8 Å². The second-order valence-corrected chi connectivity index (χ2v) is 8.92. The quantitative estimate of drug-likeness (QED) is 0.329. The second-order valence-electron chi connectivity index (χ2n) is 8.53. The van der Waals surface area contributed by atoms with Gasteiger partial charge in [-0.3, -0.25) is 14.9 Å². The molecule has 2 amide bonds. The minimum Gasteiger partial charge on any atom is -0.495 e. The summed E-state index contributed by atoms with van der Waals surface area (Å²) in [5.74, 6) is -0.493. The van der Waals surface area contributed by atoms with Crippen molar-refractivity contribution in [2.45, 2.75) is 19.4 Å². The minimum absolute atomic E-state index is 0.0291. The number of benzene rings is 3. The third kappa shape index (κ3) is 4.55. The highest BCUT2D eigenvalue weighted by Crippen LogP contribution is 2.32. The molecule has 5 rings (SSSR count). The van der Waals surface area contributed by atoms with E-state index in [-0.39, 0.29) is 10.7 Å². The molecule has 1 saturated heterocycles. The standard InChI is InChI=1S/C28H25N3O3S/c1-34-25-12-6-5-11-24(25)31-27(33)22(26(32)29-28(31)35)17-20-13-14-23-21(16-20)10-7-15-30(23)18-19-8-3-2-4-9-19/h2-6,8-9,11-14,16-17H,7,10,15,18H2,1H3,(H,29,32,35). The molecule has 0 spiro atoms. The van der Waals surface area contributed by atoms with Crippen LogP contribution in [0.2, 0.25) is 0 Å². The maximum atomic E-state index is 13.4. The number of amides is 2. The van der Waals surface area contributed by atoms with Crippen LogP contribution in [0.25, 0.3) is 6.08 Å². The molecular weight excluding hydrogens is 458 g/mol. The molecule has 0 atom stereocenters. The van der Waals surface area contributed by atoms with Crippen molar-refractivity contribution in [1.29, 1.82) is 0 Å². The zero-order valence-corrected chi connectivity index (χ0v) is 20.2. The Morgan fingerprint density at radius 3 is 2.57 bits per heavy atom. The van der Waals surface area contributed by atoms with E-state index < -0.39 is 11.8 Å². The molecule has 1 N–H and O–H groups in total. The fraction of sp³-hybridized carbons (Fsp3) is 0.179. The van der Waals surface area contributed by atoms with Gasteiger partial charge in [0.2, 0.25) is 0 Å². The van der Waals surface area contributed by atoms with Crippen LogP contribution in [-0.2, 0) is 22.6 Å². The lowest BCUT2D eigenvalue weighted by atomic mass is 9.97. The Morgan fingerprint density at radius 1 is 1.00 bits per heavy atom. The number of hydrogen-bond donors (Lipinski definition) is 1. The molecule has 3 aromatic rings. The summed E-state index contributed by atoms with van der Waals surface area (Å²) in [6.07, 6.45) is 3.64. The molecule has 3 aromatic carbocycles. The van der Waals surface area contributed by atoms with Gasteiger partial charge >= 0.3 is 0 Å². The van der Waals surface area contributed by atoms with E-state index in [2.05, 4.69) is 46.6 Å². The van der Waals surface area contributed by atoms with E-state index in [0.717, 1.165) is 31.5 Å². The highest BCUT2D eigenvalue weighted by Gasteiger charge is 2.35. The van der Waals surface area contributed by atoms with Crippen LogP contribution in [0.5, 0.6) is 5.75 Å². The Labute approximate surface area is 209 Å². The Hall–Kier alpha value is -3.97. The van der Waals surface area contributed by atoms with E-state index in [9.17, 15) is 9.59 Å². The normalized spacial score (nSPS) is 16.8. The fourth-order valence-electron chi connectivity index (χ4n) is 4.61. The lowest BCUT2D eigenvalue weighted by molar-refractivity contribution is -0.122. The van der Waals surface area contributed by atoms with Gasteiger partial charge in [0.15, 0.2) is 5.11 Å². The lowest BCUT2D eigenvalue weighted by Crippen LogP contribution is -2.54. The number of carbonyl (C=O) groups excluding carboxylic acids is 2.